The van der Waals surface area contributed by atoms with E-state index in [2.05, 4.69) is 11.9 Å². The molecule has 0 N–H and O–H groups in total. The minimum atomic E-state index is 0.0749. The van der Waals surface area contributed by atoms with Crippen LogP contribution in [0.4, 0.5) is 0 Å². The van der Waals surface area contributed by atoms with Crippen molar-refractivity contribution in [3.63, 3.8) is 0 Å². The van der Waals surface area contributed by atoms with Crippen LogP contribution in [0.3, 0.4) is 0 Å². The third-order valence-electron chi connectivity index (χ3n) is 5.68. The second kappa shape index (κ2) is 7.22. The molecule has 1 aliphatic rings. The molecule has 0 amide bonds. The molecule has 3 aromatic heterocycles. The van der Waals surface area contributed by atoms with Crippen LogP contribution in [0.15, 0.2) is 34.2 Å². The number of hydrogen-bond donors (Lipinski definition) is 0. The van der Waals surface area contributed by atoms with Gasteiger partial charge in [0.1, 0.15) is 4.83 Å². The van der Waals surface area contributed by atoms with E-state index in [0.717, 1.165) is 57.1 Å². The Kier molecular flexibility index (Phi) is 4.67. The smallest absolute Gasteiger partial charge is 0.262 e. The molecular weight excluding hydrogens is 400 g/mol. The summed E-state index contributed by atoms with van der Waals surface area (Å²) in [4.78, 5) is 29.6. The molecule has 0 unspecified atom stereocenters. The molecule has 5 nitrogen and oxygen atoms in total. The second-order valence-electron chi connectivity index (χ2n) is 7.82. The summed E-state index contributed by atoms with van der Waals surface area (Å²) in [5.74, 6) is 1.32. The monoisotopic (exact) mass is 422 g/mol. The SMILES string of the molecule is Cc1nc2ccccc2nc1CSc1nc2sc3c(c2c(=O)n1C)CC[C@H](C)C3. The van der Waals surface area contributed by atoms with Crippen molar-refractivity contribution < 1.29 is 0 Å². The Hall–Kier alpha value is -2.25. The van der Waals surface area contributed by atoms with Crippen LogP contribution in [0.25, 0.3) is 21.3 Å². The molecule has 0 radical (unpaired) electrons. The number of hydrogen-bond acceptors (Lipinski definition) is 6. The average molecular weight is 423 g/mol. The van der Waals surface area contributed by atoms with E-state index in [4.69, 9.17) is 9.97 Å². The number of thioether (sulfide) groups is 1. The Morgan fingerprint density at radius 1 is 1.21 bits per heavy atom. The molecule has 3 heterocycles. The van der Waals surface area contributed by atoms with Crippen molar-refractivity contribution in [2.45, 2.75) is 44.0 Å². The highest BCUT2D eigenvalue weighted by Gasteiger charge is 2.24. The first-order chi connectivity index (χ1) is 14.0. The van der Waals surface area contributed by atoms with Crippen molar-refractivity contribution in [1.82, 2.24) is 19.5 Å². The van der Waals surface area contributed by atoms with Crippen LogP contribution < -0.4 is 5.56 Å². The van der Waals surface area contributed by atoms with E-state index in [-0.39, 0.29) is 5.56 Å². The molecule has 29 heavy (non-hydrogen) atoms. The van der Waals surface area contributed by atoms with Crippen molar-refractivity contribution in [2.75, 3.05) is 0 Å². The van der Waals surface area contributed by atoms with Gasteiger partial charge in [0.15, 0.2) is 5.16 Å². The minimum absolute atomic E-state index is 0.0749. The Morgan fingerprint density at radius 3 is 2.76 bits per heavy atom. The zero-order chi connectivity index (χ0) is 20.1. The van der Waals surface area contributed by atoms with Gasteiger partial charge in [0.05, 0.1) is 27.8 Å². The fourth-order valence-electron chi connectivity index (χ4n) is 3.98. The summed E-state index contributed by atoms with van der Waals surface area (Å²) in [5, 5.41) is 1.58. The predicted octanol–water partition coefficient (Wildman–Crippen LogP) is 4.66. The maximum absolute atomic E-state index is 13.1. The average Bonchev–Trinajstić information content (AvgIpc) is 3.07. The van der Waals surface area contributed by atoms with Crippen molar-refractivity contribution in [2.24, 2.45) is 13.0 Å². The highest BCUT2D eigenvalue weighted by molar-refractivity contribution is 7.98. The summed E-state index contributed by atoms with van der Waals surface area (Å²) in [5.41, 5.74) is 4.97. The zero-order valence-corrected chi connectivity index (χ0v) is 18.4. The number of nitrogens with zero attached hydrogens (tertiary/aromatic N) is 4. The molecule has 4 aromatic rings. The molecule has 148 valence electrons. The molecule has 7 heteroatoms. The summed E-state index contributed by atoms with van der Waals surface area (Å²) in [6.07, 6.45) is 3.21. The van der Waals surface area contributed by atoms with Crippen LogP contribution in [0.1, 0.15) is 35.2 Å². The van der Waals surface area contributed by atoms with Crippen LogP contribution in [-0.2, 0) is 25.6 Å². The summed E-state index contributed by atoms with van der Waals surface area (Å²) in [6, 6.07) is 7.90. The van der Waals surface area contributed by atoms with Crippen molar-refractivity contribution in [3.8, 4) is 0 Å². The quantitative estimate of drug-likeness (QED) is 0.355. The first-order valence-electron chi connectivity index (χ1n) is 9.87. The number of fused-ring (bicyclic) bond motifs is 4. The number of benzene rings is 1. The molecular formula is C22H22N4OS2. The highest BCUT2D eigenvalue weighted by Crippen LogP contribution is 2.36. The van der Waals surface area contributed by atoms with Crippen LogP contribution in [0.5, 0.6) is 0 Å². The lowest BCUT2D eigenvalue weighted by molar-refractivity contribution is 0.509. The number of aryl methyl sites for hydroxylation is 2. The van der Waals surface area contributed by atoms with E-state index < -0.39 is 0 Å². The van der Waals surface area contributed by atoms with Crippen LogP contribution in [0, 0.1) is 12.8 Å². The first-order valence-corrected chi connectivity index (χ1v) is 11.7. The number of thiophene rings is 1. The third kappa shape index (κ3) is 3.26. The molecule has 5 rings (SSSR count). The van der Waals surface area contributed by atoms with Crippen LogP contribution in [-0.4, -0.2) is 19.5 Å². The lowest BCUT2D eigenvalue weighted by atomic mass is 9.89. The van der Waals surface area contributed by atoms with Crippen molar-refractivity contribution in [3.05, 3.63) is 56.4 Å². The Bertz CT molecular complexity index is 1310. The molecule has 0 spiro atoms. The third-order valence-corrected chi connectivity index (χ3v) is 7.87. The number of para-hydroxylation sites is 2. The molecule has 1 aliphatic carbocycles. The van der Waals surface area contributed by atoms with E-state index >= 15 is 0 Å². The maximum atomic E-state index is 13.1. The standard InChI is InChI=1S/C22H22N4OS2/c1-12-8-9-14-18(10-12)29-20-19(14)21(27)26(3)22(25-20)28-11-17-13(2)23-15-6-4-5-7-16(15)24-17/h4-7,12H,8-11H2,1-3H3/t12-/m0/s1. The lowest BCUT2D eigenvalue weighted by Gasteiger charge is -2.17. The van der Waals surface area contributed by atoms with Gasteiger partial charge in [-0.2, -0.15) is 0 Å². The fraction of sp³-hybridized carbons (Fsp3) is 0.364. The Morgan fingerprint density at radius 2 is 1.97 bits per heavy atom. The van der Waals surface area contributed by atoms with E-state index in [1.807, 2.05) is 38.2 Å². The highest BCUT2D eigenvalue weighted by atomic mass is 32.2. The predicted molar refractivity (Wildman–Crippen MR) is 120 cm³/mol. The van der Waals surface area contributed by atoms with E-state index in [0.29, 0.717) is 11.7 Å². The molecule has 1 aromatic carbocycles. The van der Waals surface area contributed by atoms with E-state index in [1.54, 1.807) is 27.7 Å². The zero-order valence-electron chi connectivity index (χ0n) is 16.7. The maximum Gasteiger partial charge on any atom is 0.262 e. The second-order valence-corrected chi connectivity index (χ2v) is 9.85. The summed E-state index contributed by atoms with van der Waals surface area (Å²) < 4.78 is 1.70. The van der Waals surface area contributed by atoms with Gasteiger partial charge in [0, 0.05) is 17.7 Å². The van der Waals surface area contributed by atoms with Gasteiger partial charge in [0.2, 0.25) is 0 Å². The first kappa shape index (κ1) is 18.8. The van der Waals surface area contributed by atoms with Gasteiger partial charge in [-0.15, -0.1) is 11.3 Å². The van der Waals surface area contributed by atoms with Gasteiger partial charge in [-0.1, -0.05) is 30.8 Å². The molecule has 0 aliphatic heterocycles. The molecule has 0 saturated heterocycles. The van der Waals surface area contributed by atoms with E-state index in [9.17, 15) is 4.79 Å². The van der Waals surface area contributed by atoms with Crippen molar-refractivity contribution >= 4 is 44.3 Å². The van der Waals surface area contributed by atoms with Gasteiger partial charge < -0.3 is 0 Å². The molecule has 1 atom stereocenters. The van der Waals surface area contributed by atoms with E-state index in [1.165, 1.54) is 10.4 Å². The molecule has 0 bridgehead atoms. The normalized spacial score (nSPS) is 16.4. The molecule has 0 fully saturated rings. The van der Waals surface area contributed by atoms with Gasteiger partial charge in [-0.05, 0) is 49.8 Å². The Balaban J connectivity index is 1.50. The van der Waals surface area contributed by atoms with Gasteiger partial charge in [-0.3, -0.25) is 9.36 Å². The van der Waals surface area contributed by atoms with Gasteiger partial charge >= 0.3 is 0 Å². The van der Waals surface area contributed by atoms with Crippen LogP contribution in [0.2, 0.25) is 0 Å². The van der Waals surface area contributed by atoms with Gasteiger partial charge in [-0.25, -0.2) is 15.0 Å². The van der Waals surface area contributed by atoms with Gasteiger partial charge in [0.25, 0.3) is 5.56 Å². The summed E-state index contributed by atoms with van der Waals surface area (Å²) in [7, 11) is 1.82. The number of rotatable bonds is 3. The van der Waals surface area contributed by atoms with Crippen LogP contribution >= 0.6 is 23.1 Å². The fourth-order valence-corrected chi connectivity index (χ4v) is 6.38. The molecule has 0 saturated carbocycles. The van der Waals surface area contributed by atoms with Crippen molar-refractivity contribution in [1.29, 1.82) is 0 Å². The number of aromatic nitrogens is 4. The lowest BCUT2D eigenvalue weighted by Crippen LogP contribution is -2.21. The largest absolute Gasteiger partial charge is 0.290 e. The summed E-state index contributed by atoms with van der Waals surface area (Å²) in [6.45, 7) is 4.27. The minimum Gasteiger partial charge on any atom is -0.290 e. The Labute approximate surface area is 177 Å². The summed E-state index contributed by atoms with van der Waals surface area (Å²) >= 11 is 3.26. The topological polar surface area (TPSA) is 60.7 Å².